The van der Waals surface area contributed by atoms with Gasteiger partial charge in [-0.3, -0.25) is 4.79 Å². The van der Waals surface area contributed by atoms with E-state index in [0.717, 1.165) is 5.56 Å². The monoisotopic (exact) mass is 397 g/mol. The number of benzene rings is 2. The highest BCUT2D eigenvalue weighted by molar-refractivity contribution is 6.30. The fourth-order valence-electron chi connectivity index (χ4n) is 3.64. The summed E-state index contributed by atoms with van der Waals surface area (Å²) in [5.41, 5.74) is 1.56. The molecule has 0 saturated carbocycles. The second kappa shape index (κ2) is 7.52. The van der Waals surface area contributed by atoms with Crippen molar-refractivity contribution in [3.63, 3.8) is 0 Å². The van der Waals surface area contributed by atoms with E-state index in [-0.39, 0.29) is 18.0 Å². The van der Waals surface area contributed by atoms with Crippen LogP contribution in [0.5, 0.6) is 5.75 Å². The molecule has 1 aromatic heterocycles. The number of hydrogen-bond acceptors (Lipinski definition) is 5. The summed E-state index contributed by atoms with van der Waals surface area (Å²) >= 11 is 5.95. The standard InChI is InChI=1S/C20H20ClN5O2/c1-12-17(19(27)25-14-9-7-13(21)8-10-14)18(26-20(24-12)22-11-23-26)15-5-3-4-6-16(15)28-2/h3-12,17-18H,1-2H3,(H,25,27)(H,22,23,24)/t12-,17-,18-/m0/s1. The van der Waals surface area contributed by atoms with E-state index >= 15 is 0 Å². The fraction of sp³-hybridized carbons (Fsp3) is 0.250. The maximum absolute atomic E-state index is 13.3. The van der Waals surface area contributed by atoms with Gasteiger partial charge < -0.3 is 15.4 Å². The largest absolute Gasteiger partial charge is 0.496 e. The van der Waals surface area contributed by atoms with Crippen molar-refractivity contribution in [2.45, 2.75) is 19.0 Å². The lowest BCUT2D eigenvalue weighted by Crippen LogP contribution is -2.46. The lowest BCUT2D eigenvalue weighted by Gasteiger charge is -2.37. The zero-order valence-electron chi connectivity index (χ0n) is 15.5. The van der Waals surface area contributed by atoms with Crippen LogP contribution in [0.2, 0.25) is 5.02 Å². The Bertz CT molecular complexity index is 988. The Hall–Kier alpha value is -3.06. The van der Waals surface area contributed by atoms with Gasteiger partial charge in [0.15, 0.2) is 0 Å². The SMILES string of the molecule is COc1ccccc1[C@H]1[C@@H](C(=O)Nc2ccc(Cl)cc2)[C@H](C)Nc2ncnn21. The Labute approximate surface area is 167 Å². The topological polar surface area (TPSA) is 81.1 Å². The van der Waals surface area contributed by atoms with E-state index < -0.39 is 5.92 Å². The minimum Gasteiger partial charge on any atom is -0.496 e. The number of methoxy groups -OCH3 is 1. The van der Waals surface area contributed by atoms with E-state index in [9.17, 15) is 4.79 Å². The predicted molar refractivity (Wildman–Crippen MR) is 108 cm³/mol. The molecule has 28 heavy (non-hydrogen) atoms. The lowest BCUT2D eigenvalue weighted by atomic mass is 9.85. The van der Waals surface area contributed by atoms with Crippen molar-refractivity contribution in [2.24, 2.45) is 5.92 Å². The van der Waals surface area contributed by atoms with Crippen LogP contribution in [0.25, 0.3) is 0 Å². The number of nitrogens with zero attached hydrogens (tertiary/aromatic N) is 3. The molecule has 0 unspecified atom stereocenters. The highest BCUT2D eigenvalue weighted by Crippen LogP contribution is 2.40. The summed E-state index contributed by atoms with van der Waals surface area (Å²) in [4.78, 5) is 17.6. The quantitative estimate of drug-likeness (QED) is 0.703. The van der Waals surface area contributed by atoms with Gasteiger partial charge in [0, 0.05) is 22.3 Å². The number of ether oxygens (including phenoxy) is 1. The van der Waals surface area contributed by atoms with Crippen molar-refractivity contribution in [1.29, 1.82) is 0 Å². The third-order valence-corrected chi connectivity index (χ3v) is 5.20. The third kappa shape index (κ3) is 3.29. The van der Waals surface area contributed by atoms with Crippen LogP contribution < -0.4 is 15.4 Å². The summed E-state index contributed by atoms with van der Waals surface area (Å²) in [5, 5.41) is 11.2. The first-order chi connectivity index (χ1) is 13.6. The molecule has 2 N–H and O–H groups in total. The number of aromatic nitrogens is 3. The summed E-state index contributed by atoms with van der Waals surface area (Å²) in [5.74, 6) is 0.756. The van der Waals surface area contributed by atoms with E-state index in [1.807, 2.05) is 31.2 Å². The molecule has 1 amide bonds. The molecule has 1 aliphatic heterocycles. The van der Waals surface area contributed by atoms with Crippen molar-refractivity contribution in [2.75, 3.05) is 17.7 Å². The molecular weight excluding hydrogens is 378 g/mol. The van der Waals surface area contributed by atoms with Gasteiger partial charge in [0.05, 0.1) is 19.1 Å². The second-order valence-corrected chi connectivity index (χ2v) is 7.11. The molecule has 0 aliphatic carbocycles. The van der Waals surface area contributed by atoms with Crippen molar-refractivity contribution >= 4 is 29.1 Å². The Morgan fingerprint density at radius 3 is 2.71 bits per heavy atom. The molecule has 2 aromatic carbocycles. The van der Waals surface area contributed by atoms with E-state index in [0.29, 0.717) is 22.4 Å². The van der Waals surface area contributed by atoms with Gasteiger partial charge in [-0.2, -0.15) is 10.1 Å². The summed E-state index contributed by atoms with van der Waals surface area (Å²) in [6, 6.07) is 14.2. The Morgan fingerprint density at radius 2 is 1.96 bits per heavy atom. The van der Waals surface area contributed by atoms with Gasteiger partial charge >= 0.3 is 0 Å². The highest BCUT2D eigenvalue weighted by atomic mass is 35.5. The second-order valence-electron chi connectivity index (χ2n) is 6.67. The zero-order chi connectivity index (χ0) is 19.7. The molecule has 1 aliphatic rings. The summed E-state index contributed by atoms with van der Waals surface area (Å²) in [6.07, 6.45) is 1.48. The Morgan fingerprint density at radius 1 is 1.21 bits per heavy atom. The van der Waals surface area contributed by atoms with Gasteiger partial charge in [-0.1, -0.05) is 29.8 Å². The first-order valence-electron chi connectivity index (χ1n) is 8.94. The number of rotatable bonds is 4. The molecule has 8 heteroatoms. The Kier molecular flexibility index (Phi) is 4.92. The van der Waals surface area contributed by atoms with Gasteiger partial charge in [0.1, 0.15) is 12.1 Å². The predicted octanol–water partition coefficient (Wildman–Crippen LogP) is 3.60. The van der Waals surface area contributed by atoms with Crippen LogP contribution in [-0.4, -0.2) is 33.8 Å². The van der Waals surface area contributed by atoms with Crippen molar-refractivity contribution in [3.8, 4) is 5.75 Å². The molecule has 4 rings (SSSR count). The number of halogens is 1. The van der Waals surface area contributed by atoms with E-state index in [4.69, 9.17) is 16.3 Å². The lowest BCUT2D eigenvalue weighted by molar-refractivity contribution is -0.121. The number of carbonyl (C=O) groups excluding carboxylic acids is 1. The van der Waals surface area contributed by atoms with Crippen molar-refractivity contribution in [1.82, 2.24) is 14.8 Å². The molecule has 0 saturated heterocycles. The number of para-hydroxylation sites is 1. The molecule has 3 aromatic rings. The van der Waals surface area contributed by atoms with Crippen molar-refractivity contribution in [3.05, 3.63) is 65.4 Å². The summed E-state index contributed by atoms with van der Waals surface area (Å²) < 4.78 is 7.30. The highest BCUT2D eigenvalue weighted by Gasteiger charge is 2.42. The maximum Gasteiger partial charge on any atom is 0.232 e. The van der Waals surface area contributed by atoms with Crippen LogP contribution in [0.15, 0.2) is 54.9 Å². The zero-order valence-corrected chi connectivity index (χ0v) is 16.2. The molecule has 7 nitrogen and oxygen atoms in total. The molecular formula is C20H20ClN5O2. The fourth-order valence-corrected chi connectivity index (χ4v) is 3.77. The van der Waals surface area contributed by atoms with Crippen LogP contribution >= 0.6 is 11.6 Å². The van der Waals surface area contributed by atoms with Gasteiger partial charge in [-0.25, -0.2) is 4.68 Å². The van der Waals surface area contributed by atoms with Gasteiger partial charge in [-0.15, -0.1) is 0 Å². The van der Waals surface area contributed by atoms with Crippen LogP contribution in [0.4, 0.5) is 11.6 Å². The van der Waals surface area contributed by atoms with Gasteiger partial charge in [-0.05, 0) is 37.3 Å². The smallest absolute Gasteiger partial charge is 0.232 e. The molecule has 0 fully saturated rings. The first kappa shape index (κ1) is 18.3. The molecule has 0 bridgehead atoms. The number of nitrogens with one attached hydrogen (secondary N) is 2. The number of anilines is 2. The van der Waals surface area contributed by atoms with Gasteiger partial charge in [0.2, 0.25) is 11.9 Å². The Balaban J connectivity index is 1.75. The number of fused-ring (bicyclic) bond motifs is 1. The summed E-state index contributed by atoms with van der Waals surface area (Å²) in [6.45, 7) is 1.96. The van der Waals surface area contributed by atoms with Crippen LogP contribution in [-0.2, 0) is 4.79 Å². The van der Waals surface area contributed by atoms with E-state index in [1.54, 1.807) is 36.1 Å². The number of carbonyl (C=O) groups is 1. The van der Waals surface area contributed by atoms with Crippen LogP contribution in [0.1, 0.15) is 18.5 Å². The molecule has 3 atom stereocenters. The van der Waals surface area contributed by atoms with Crippen LogP contribution in [0.3, 0.4) is 0 Å². The van der Waals surface area contributed by atoms with Crippen molar-refractivity contribution < 1.29 is 9.53 Å². The summed E-state index contributed by atoms with van der Waals surface area (Å²) in [7, 11) is 1.62. The first-order valence-corrected chi connectivity index (χ1v) is 9.31. The molecule has 144 valence electrons. The van der Waals surface area contributed by atoms with E-state index in [1.165, 1.54) is 6.33 Å². The minimum absolute atomic E-state index is 0.126. The van der Waals surface area contributed by atoms with Crippen LogP contribution in [0, 0.1) is 5.92 Å². The average molecular weight is 398 g/mol. The normalized spacial score (nSPS) is 20.8. The van der Waals surface area contributed by atoms with Gasteiger partial charge in [0.25, 0.3) is 0 Å². The third-order valence-electron chi connectivity index (χ3n) is 4.94. The van der Waals surface area contributed by atoms with E-state index in [2.05, 4.69) is 20.7 Å². The molecule has 0 radical (unpaired) electrons. The minimum atomic E-state index is -0.443. The number of hydrogen-bond donors (Lipinski definition) is 2. The molecule has 2 heterocycles. The average Bonchev–Trinajstić information content (AvgIpc) is 3.16. The molecule has 0 spiro atoms. The maximum atomic E-state index is 13.3. The number of amides is 1.